The number of carbonyl (C=O) groups is 2. The van der Waals surface area contributed by atoms with E-state index >= 15 is 0 Å². The normalized spacial score (nSPS) is 11.6. The summed E-state index contributed by atoms with van der Waals surface area (Å²) in [4.78, 5) is 25.7. The summed E-state index contributed by atoms with van der Waals surface area (Å²) in [7, 11) is 1.30. The molecule has 0 aliphatic rings. The smallest absolute Gasteiger partial charge is 0.416 e. The fraction of sp³-hybridized carbons (Fsp3) is 0.333. The molecule has 1 heterocycles. The van der Waals surface area contributed by atoms with Crippen LogP contribution in [0.5, 0.6) is 5.75 Å². The number of halogens is 4. The maximum atomic E-state index is 14.5. The summed E-state index contributed by atoms with van der Waals surface area (Å²) in [6, 6.07) is 6.34. The Labute approximate surface area is 188 Å². The van der Waals surface area contributed by atoms with Crippen LogP contribution in [-0.2, 0) is 17.4 Å². The van der Waals surface area contributed by atoms with Crippen molar-refractivity contribution in [2.45, 2.75) is 39.3 Å². The van der Waals surface area contributed by atoms with E-state index in [1.807, 2.05) is 6.92 Å². The minimum atomic E-state index is -4.53. The molecular formula is C24H24F4N2O3. The van der Waals surface area contributed by atoms with Gasteiger partial charge in [0.05, 0.1) is 24.6 Å². The number of nitrogens with zero attached hydrogens (tertiary/aromatic N) is 1. The van der Waals surface area contributed by atoms with Gasteiger partial charge in [-0.25, -0.2) is 4.39 Å². The topological polar surface area (TPSA) is 60.3 Å². The van der Waals surface area contributed by atoms with Crippen LogP contribution in [0.15, 0.2) is 36.4 Å². The van der Waals surface area contributed by atoms with Crippen molar-refractivity contribution in [1.82, 2.24) is 9.88 Å². The van der Waals surface area contributed by atoms with Gasteiger partial charge in [0.2, 0.25) is 5.91 Å². The minimum Gasteiger partial charge on any atom is -0.494 e. The number of alkyl halides is 3. The molecule has 0 aliphatic carbocycles. The molecule has 0 fully saturated rings. The zero-order valence-electron chi connectivity index (χ0n) is 18.5. The van der Waals surface area contributed by atoms with Crippen molar-refractivity contribution in [1.29, 1.82) is 0 Å². The average Bonchev–Trinajstić information content (AvgIpc) is 3.02. The van der Waals surface area contributed by atoms with Crippen molar-refractivity contribution in [2.75, 3.05) is 13.7 Å². The first-order chi connectivity index (χ1) is 15.6. The zero-order valence-corrected chi connectivity index (χ0v) is 18.5. The van der Waals surface area contributed by atoms with Crippen LogP contribution in [0.25, 0.3) is 10.9 Å². The highest BCUT2D eigenvalue weighted by molar-refractivity contribution is 6.05. The molecular weight excluding hydrogens is 440 g/mol. The third kappa shape index (κ3) is 5.02. The monoisotopic (exact) mass is 464 g/mol. The number of unbranched alkanes of at least 4 members (excludes halogenated alkanes) is 1. The molecule has 1 amide bonds. The van der Waals surface area contributed by atoms with Crippen LogP contribution in [0.3, 0.4) is 0 Å². The molecule has 1 aromatic heterocycles. The average molecular weight is 464 g/mol. The lowest BCUT2D eigenvalue weighted by atomic mass is 10.1. The number of rotatable bonds is 7. The summed E-state index contributed by atoms with van der Waals surface area (Å²) >= 11 is 0. The van der Waals surface area contributed by atoms with E-state index in [2.05, 4.69) is 5.32 Å². The zero-order chi connectivity index (χ0) is 24.3. The molecule has 0 saturated heterocycles. The van der Waals surface area contributed by atoms with Crippen LogP contribution in [0, 0.1) is 12.7 Å². The number of fused-ring (bicyclic) bond motifs is 1. The lowest BCUT2D eigenvalue weighted by Crippen LogP contribution is -2.26. The van der Waals surface area contributed by atoms with Gasteiger partial charge in [0.1, 0.15) is 0 Å². The Bertz CT molecular complexity index is 1180. The number of ether oxygens (including phenoxy) is 1. The van der Waals surface area contributed by atoms with Crippen LogP contribution in [-0.4, -0.2) is 30.0 Å². The molecule has 176 valence electrons. The first-order valence-corrected chi connectivity index (χ1v) is 10.4. The summed E-state index contributed by atoms with van der Waals surface area (Å²) < 4.78 is 59.4. The number of carbonyl (C=O) groups excluding carboxylic acids is 2. The summed E-state index contributed by atoms with van der Waals surface area (Å²) in [5.74, 6) is -1.64. The molecule has 9 heteroatoms. The lowest BCUT2D eigenvalue weighted by molar-refractivity contribution is -0.137. The Kier molecular flexibility index (Phi) is 7.09. The molecule has 1 N–H and O–H groups in total. The lowest BCUT2D eigenvalue weighted by Gasteiger charge is -2.10. The summed E-state index contributed by atoms with van der Waals surface area (Å²) in [5.41, 5.74) is 0.226. The Balaban J connectivity index is 2.09. The Hall–Kier alpha value is -3.36. The second-order valence-corrected chi connectivity index (χ2v) is 7.66. The number of amides is 1. The van der Waals surface area contributed by atoms with E-state index in [0.717, 1.165) is 43.2 Å². The van der Waals surface area contributed by atoms with Crippen molar-refractivity contribution in [3.63, 3.8) is 0 Å². The molecule has 0 unspecified atom stereocenters. The van der Waals surface area contributed by atoms with Gasteiger partial charge >= 0.3 is 6.18 Å². The van der Waals surface area contributed by atoms with Gasteiger partial charge in [-0.3, -0.25) is 14.2 Å². The Morgan fingerprint density at radius 1 is 1.12 bits per heavy atom. The van der Waals surface area contributed by atoms with Gasteiger partial charge in [0.15, 0.2) is 11.6 Å². The van der Waals surface area contributed by atoms with E-state index in [1.165, 1.54) is 17.7 Å². The minimum absolute atomic E-state index is 0.00169. The number of hydrogen-bond acceptors (Lipinski definition) is 3. The van der Waals surface area contributed by atoms with Crippen LogP contribution >= 0.6 is 0 Å². The molecule has 0 aliphatic heterocycles. The summed E-state index contributed by atoms with van der Waals surface area (Å²) in [6.07, 6.45) is -2.85. The number of hydrogen-bond donors (Lipinski definition) is 1. The third-order valence-corrected chi connectivity index (χ3v) is 5.46. The summed E-state index contributed by atoms with van der Waals surface area (Å²) in [6.45, 7) is 4.12. The van der Waals surface area contributed by atoms with E-state index in [0.29, 0.717) is 23.2 Å². The molecule has 0 atom stereocenters. The second kappa shape index (κ2) is 9.64. The highest BCUT2D eigenvalue weighted by Crippen LogP contribution is 2.33. The van der Waals surface area contributed by atoms with Crippen LogP contribution in [0.4, 0.5) is 17.6 Å². The van der Waals surface area contributed by atoms with Crippen molar-refractivity contribution in [2.24, 2.45) is 0 Å². The van der Waals surface area contributed by atoms with E-state index < -0.39 is 23.5 Å². The van der Waals surface area contributed by atoms with Crippen molar-refractivity contribution in [3.8, 4) is 5.75 Å². The Morgan fingerprint density at radius 3 is 2.36 bits per heavy atom. The second-order valence-electron chi connectivity index (χ2n) is 7.66. The largest absolute Gasteiger partial charge is 0.494 e. The third-order valence-electron chi connectivity index (χ3n) is 5.46. The van der Waals surface area contributed by atoms with Gasteiger partial charge in [-0.2, -0.15) is 13.2 Å². The number of aromatic nitrogens is 1. The quantitative estimate of drug-likeness (QED) is 0.383. The molecule has 0 bridgehead atoms. The van der Waals surface area contributed by atoms with Crippen molar-refractivity contribution in [3.05, 3.63) is 64.6 Å². The number of methoxy groups -OCH3 is 1. The molecule has 2 aromatic carbocycles. The van der Waals surface area contributed by atoms with Gasteiger partial charge in [-0.1, -0.05) is 13.3 Å². The predicted octanol–water partition coefficient (Wildman–Crippen LogP) is 5.26. The maximum absolute atomic E-state index is 14.5. The molecule has 3 aromatic rings. The fourth-order valence-electron chi connectivity index (χ4n) is 3.68. The predicted molar refractivity (Wildman–Crippen MR) is 116 cm³/mol. The van der Waals surface area contributed by atoms with Gasteiger partial charge < -0.3 is 10.1 Å². The highest BCUT2D eigenvalue weighted by atomic mass is 19.4. The van der Waals surface area contributed by atoms with Crippen LogP contribution in [0.1, 0.15) is 46.9 Å². The molecule has 33 heavy (non-hydrogen) atoms. The van der Waals surface area contributed by atoms with Gasteiger partial charge in [0, 0.05) is 29.3 Å². The van der Waals surface area contributed by atoms with Gasteiger partial charge in [-0.05, 0) is 49.2 Å². The van der Waals surface area contributed by atoms with Crippen LogP contribution < -0.4 is 10.1 Å². The standard InChI is InChI=1S/C24H24F4N2O3/c1-4-5-10-29-22(31)12-17-14(2)30(20-13-19(25)21(33-3)11-18(17)20)23(32)15-6-8-16(9-7-15)24(26,27)28/h6-9,11,13H,4-5,10,12H2,1-3H3,(H,29,31). The van der Waals surface area contributed by atoms with Crippen molar-refractivity contribution >= 4 is 22.7 Å². The highest BCUT2D eigenvalue weighted by Gasteiger charge is 2.30. The van der Waals surface area contributed by atoms with E-state index in [-0.39, 0.29) is 29.2 Å². The molecule has 5 nitrogen and oxygen atoms in total. The summed E-state index contributed by atoms with van der Waals surface area (Å²) in [5, 5.41) is 3.26. The fourth-order valence-corrected chi connectivity index (χ4v) is 3.68. The molecule has 0 saturated carbocycles. The molecule has 0 spiro atoms. The van der Waals surface area contributed by atoms with Gasteiger partial charge in [0.25, 0.3) is 5.91 Å². The first kappa shape index (κ1) is 24.3. The number of nitrogens with one attached hydrogen (secondary N) is 1. The Morgan fingerprint density at radius 2 is 1.79 bits per heavy atom. The van der Waals surface area contributed by atoms with Gasteiger partial charge in [-0.15, -0.1) is 0 Å². The number of benzene rings is 2. The van der Waals surface area contributed by atoms with E-state index in [1.54, 1.807) is 6.92 Å². The van der Waals surface area contributed by atoms with Crippen LogP contribution in [0.2, 0.25) is 0 Å². The van der Waals surface area contributed by atoms with E-state index in [4.69, 9.17) is 4.74 Å². The molecule has 3 rings (SSSR count). The first-order valence-electron chi connectivity index (χ1n) is 10.4. The van der Waals surface area contributed by atoms with Crippen molar-refractivity contribution < 1.29 is 31.9 Å². The van der Waals surface area contributed by atoms with E-state index in [9.17, 15) is 27.2 Å². The molecule has 0 radical (unpaired) electrons. The SMILES string of the molecule is CCCCNC(=O)Cc1c(C)n(C(=O)c2ccc(C(F)(F)F)cc2)c2cc(F)c(OC)cc12. The maximum Gasteiger partial charge on any atom is 0.416 e.